The molecule has 3 heterocycles. The molecule has 2 N–H and O–H groups in total. The molecular formula is C17H16N2O4S. The Kier molecular flexibility index (Phi) is 4.37. The van der Waals surface area contributed by atoms with Crippen molar-refractivity contribution in [1.29, 1.82) is 0 Å². The lowest BCUT2D eigenvalue weighted by Crippen LogP contribution is -2.42. The number of aliphatic hydroxyl groups is 1. The molecule has 0 aliphatic heterocycles. The number of rotatable bonds is 5. The maximum Gasteiger partial charge on any atom is 0.263 e. The number of carbonyl (C=O) groups is 1. The fourth-order valence-corrected chi connectivity index (χ4v) is 3.23. The molecule has 0 aromatic carbocycles. The van der Waals surface area contributed by atoms with Gasteiger partial charge in [0.2, 0.25) is 0 Å². The third-order valence-electron chi connectivity index (χ3n) is 3.73. The van der Waals surface area contributed by atoms with E-state index >= 15 is 0 Å². The summed E-state index contributed by atoms with van der Waals surface area (Å²) in [5.74, 6) is -0.219. The highest BCUT2D eigenvalue weighted by atomic mass is 32.1. The highest BCUT2D eigenvalue weighted by molar-refractivity contribution is 7.10. The smallest absolute Gasteiger partial charge is 0.263 e. The monoisotopic (exact) mass is 344 g/mol. The van der Waals surface area contributed by atoms with Gasteiger partial charge >= 0.3 is 0 Å². The molecule has 0 unspecified atom stereocenters. The number of aromatic nitrogens is 1. The van der Waals surface area contributed by atoms with Gasteiger partial charge in [-0.2, -0.15) is 0 Å². The summed E-state index contributed by atoms with van der Waals surface area (Å²) in [7, 11) is 1.57. The molecule has 0 saturated heterocycles. The van der Waals surface area contributed by atoms with E-state index in [2.05, 4.69) is 5.32 Å². The highest BCUT2D eigenvalue weighted by Gasteiger charge is 2.36. The maximum atomic E-state index is 12.3. The summed E-state index contributed by atoms with van der Waals surface area (Å²) < 4.78 is 6.67. The van der Waals surface area contributed by atoms with Gasteiger partial charge in [0.15, 0.2) is 5.60 Å². The summed E-state index contributed by atoms with van der Waals surface area (Å²) in [6, 6.07) is 9.96. The number of furan rings is 1. The van der Waals surface area contributed by atoms with Crippen molar-refractivity contribution in [2.75, 3.05) is 6.54 Å². The molecule has 0 radical (unpaired) electrons. The second kappa shape index (κ2) is 6.46. The molecule has 3 aromatic heterocycles. The third-order valence-corrected chi connectivity index (χ3v) is 4.75. The minimum absolute atomic E-state index is 0.0213. The van der Waals surface area contributed by atoms with E-state index in [0.717, 1.165) is 0 Å². The van der Waals surface area contributed by atoms with Crippen LogP contribution in [0.5, 0.6) is 0 Å². The predicted octanol–water partition coefficient (Wildman–Crippen LogP) is 1.71. The van der Waals surface area contributed by atoms with E-state index in [0.29, 0.717) is 10.6 Å². The summed E-state index contributed by atoms with van der Waals surface area (Å²) >= 11 is 1.35. The first-order valence-corrected chi connectivity index (χ1v) is 8.14. The van der Waals surface area contributed by atoms with Crippen molar-refractivity contribution in [3.8, 4) is 0 Å². The van der Waals surface area contributed by atoms with Gasteiger partial charge in [-0.25, -0.2) is 0 Å². The number of nitrogens with zero attached hydrogens (tertiary/aromatic N) is 1. The minimum atomic E-state index is -1.49. The van der Waals surface area contributed by atoms with Gasteiger partial charge in [0.05, 0.1) is 12.8 Å². The largest absolute Gasteiger partial charge is 0.466 e. The summed E-state index contributed by atoms with van der Waals surface area (Å²) in [6.45, 7) is -0.113. The molecule has 1 atom stereocenters. The van der Waals surface area contributed by atoms with Gasteiger partial charge in [-0.3, -0.25) is 9.59 Å². The number of carbonyl (C=O) groups excluding carboxylic acids is 1. The van der Waals surface area contributed by atoms with Crippen LogP contribution in [0.2, 0.25) is 0 Å². The molecule has 0 bridgehead atoms. The number of hydrogen-bond donors (Lipinski definition) is 2. The van der Waals surface area contributed by atoms with E-state index in [-0.39, 0.29) is 12.1 Å². The van der Waals surface area contributed by atoms with Crippen molar-refractivity contribution in [3.05, 3.63) is 80.8 Å². The third kappa shape index (κ3) is 2.91. The van der Waals surface area contributed by atoms with Crippen LogP contribution in [0.4, 0.5) is 0 Å². The number of hydrogen-bond acceptors (Lipinski definition) is 5. The Morgan fingerprint density at radius 3 is 2.83 bits per heavy atom. The lowest BCUT2D eigenvalue weighted by Gasteiger charge is -2.25. The fraction of sp³-hybridized carbons (Fsp3) is 0.176. The zero-order valence-corrected chi connectivity index (χ0v) is 13.7. The minimum Gasteiger partial charge on any atom is -0.466 e. The van der Waals surface area contributed by atoms with Crippen LogP contribution < -0.4 is 10.9 Å². The summed E-state index contributed by atoms with van der Waals surface area (Å²) in [4.78, 5) is 25.0. The van der Waals surface area contributed by atoms with E-state index < -0.39 is 17.1 Å². The summed E-state index contributed by atoms with van der Waals surface area (Å²) in [5.41, 5.74) is -1.87. The van der Waals surface area contributed by atoms with Gasteiger partial charge in [0.25, 0.3) is 11.5 Å². The maximum absolute atomic E-state index is 12.3. The second-order valence-corrected chi connectivity index (χ2v) is 6.28. The summed E-state index contributed by atoms with van der Waals surface area (Å²) in [6.07, 6.45) is 3.03. The number of nitrogens with one attached hydrogen (secondary N) is 1. The molecule has 124 valence electrons. The van der Waals surface area contributed by atoms with Gasteiger partial charge in [-0.15, -0.1) is 11.3 Å². The SMILES string of the molecule is Cn1cccc(C(=O)NC[C@@](O)(c2ccco2)c2cccs2)c1=O. The first-order valence-electron chi connectivity index (χ1n) is 7.26. The van der Waals surface area contributed by atoms with Crippen LogP contribution in [0.1, 0.15) is 21.0 Å². The number of thiophene rings is 1. The molecule has 24 heavy (non-hydrogen) atoms. The van der Waals surface area contributed by atoms with Crippen molar-refractivity contribution in [3.63, 3.8) is 0 Å². The van der Waals surface area contributed by atoms with E-state index in [9.17, 15) is 14.7 Å². The molecule has 0 spiro atoms. The number of aryl methyl sites for hydroxylation is 1. The van der Waals surface area contributed by atoms with Crippen LogP contribution in [0, 0.1) is 0 Å². The first kappa shape index (κ1) is 16.2. The topological polar surface area (TPSA) is 84.5 Å². The molecule has 3 aromatic rings. The molecule has 0 saturated carbocycles. The molecular weight excluding hydrogens is 328 g/mol. The zero-order chi connectivity index (χ0) is 17.2. The van der Waals surface area contributed by atoms with E-state index in [1.54, 1.807) is 37.5 Å². The molecule has 0 fully saturated rings. The van der Waals surface area contributed by atoms with Crippen molar-refractivity contribution >= 4 is 17.2 Å². The van der Waals surface area contributed by atoms with Gasteiger partial charge < -0.3 is 19.4 Å². The lowest BCUT2D eigenvalue weighted by atomic mass is 9.98. The Bertz CT molecular complexity index is 847. The Balaban J connectivity index is 1.86. The fourth-order valence-electron chi connectivity index (χ4n) is 2.40. The molecule has 0 aliphatic rings. The molecule has 7 heteroatoms. The molecule has 6 nitrogen and oxygen atoms in total. The van der Waals surface area contributed by atoms with Crippen LogP contribution in [-0.2, 0) is 12.6 Å². The second-order valence-electron chi connectivity index (χ2n) is 5.34. The molecule has 0 aliphatic carbocycles. The van der Waals surface area contributed by atoms with Crippen molar-refractivity contribution < 1.29 is 14.3 Å². The number of pyridine rings is 1. The average Bonchev–Trinajstić information content (AvgIpc) is 3.28. The summed E-state index contributed by atoms with van der Waals surface area (Å²) in [5, 5.41) is 15.5. The van der Waals surface area contributed by atoms with E-state index in [1.807, 2.05) is 11.4 Å². The van der Waals surface area contributed by atoms with Gasteiger partial charge in [0, 0.05) is 18.1 Å². The van der Waals surface area contributed by atoms with Gasteiger partial charge in [-0.05, 0) is 35.7 Å². The van der Waals surface area contributed by atoms with Crippen LogP contribution >= 0.6 is 11.3 Å². The van der Waals surface area contributed by atoms with Crippen LogP contribution in [0.25, 0.3) is 0 Å². The Morgan fingerprint density at radius 1 is 1.33 bits per heavy atom. The van der Waals surface area contributed by atoms with Crippen molar-refractivity contribution in [2.24, 2.45) is 7.05 Å². The van der Waals surface area contributed by atoms with Gasteiger partial charge in [-0.1, -0.05) is 6.07 Å². The van der Waals surface area contributed by atoms with E-state index in [1.165, 1.54) is 28.2 Å². The van der Waals surface area contributed by atoms with Gasteiger partial charge in [0.1, 0.15) is 11.3 Å². The highest BCUT2D eigenvalue weighted by Crippen LogP contribution is 2.32. The number of amides is 1. The first-order chi connectivity index (χ1) is 11.5. The van der Waals surface area contributed by atoms with Crippen molar-refractivity contribution in [2.45, 2.75) is 5.60 Å². The quantitative estimate of drug-likeness (QED) is 0.738. The molecule has 1 amide bonds. The lowest BCUT2D eigenvalue weighted by molar-refractivity contribution is 0.0553. The van der Waals surface area contributed by atoms with Crippen LogP contribution in [0.3, 0.4) is 0 Å². The Hall–Kier alpha value is -2.64. The van der Waals surface area contributed by atoms with Crippen LogP contribution in [-0.4, -0.2) is 22.1 Å². The Morgan fingerprint density at radius 2 is 2.17 bits per heavy atom. The zero-order valence-electron chi connectivity index (χ0n) is 12.9. The average molecular weight is 344 g/mol. The normalized spacial score (nSPS) is 13.4. The predicted molar refractivity (Wildman–Crippen MR) is 90.0 cm³/mol. The van der Waals surface area contributed by atoms with Crippen LogP contribution in [0.15, 0.2) is 63.4 Å². The van der Waals surface area contributed by atoms with Crippen molar-refractivity contribution in [1.82, 2.24) is 9.88 Å². The Labute approximate surface area is 142 Å². The van der Waals surface area contributed by atoms with E-state index in [4.69, 9.17) is 4.42 Å². The molecule has 3 rings (SSSR count). The standard InChI is InChI=1S/C17H16N2O4S/c1-19-8-2-5-12(16(19)21)15(20)18-11-17(22,13-6-3-9-23-13)14-7-4-10-24-14/h2-10,22H,11H2,1H3,(H,18,20)/t17-/m1/s1.